The molecule has 8 nitrogen and oxygen atoms in total. The molecular weight excluding hydrogens is 324 g/mol. The molecule has 132 valence electrons. The smallest absolute Gasteiger partial charge is 0.153 e. The lowest BCUT2D eigenvalue weighted by Gasteiger charge is -2.02. The highest BCUT2D eigenvalue weighted by atomic mass is 16.5. The second kappa shape index (κ2) is 11.1. The molecule has 0 fully saturated rings. The number of anilines is 1. The van der Waals surface area contributed by atoms with Crippen LogP contribution in [0.2, 0.25) is 0 Å². The van der Waals surface area contributed by atoms with Gasteiger partial charge in [0.2, 0.25) is 0 Å². The fourth-order valence-corrected chi connectivity index (χ4v) is 1.74. The highest BCUT2D eigenvalue weighted by Gasteiger charge is 2.01. The number of hydrogen-bond donors (Lipinski definition) is 1. The largest absolute Gasteiger partial charge is 0.496 e. The Morgan fingerprint density at radius 2 is 1.52 bits per heavy atom. The van der Waals surface area contributed by atoms with Gasteiger partial charge in [-0.2, -0.15) is 0 Å². The van der Waals surface area contributed by atoms with Gasteiger partial charge in [0, 0.05) is 22.4 Å². The van der Waals surface area contributed by atoms with Crippen molar-refractivity contribution in [1.29, 1.82) is 0 Å². The Balaban J connectivity index is 0.000000449. The number of nitrogen functional groups attached to an aromatic ring is 1. The maximum Gasteiger partial charge on any atom is 0.153 e. The van der Waals surface area contributed by atoms with E-state index in [1.807, 2.05) is 0 Å². The number of rotatable bonds is 5. The minimum Gasteiger partial charge on any atom is -0.496 e. The Morgan fingerprint density at radius 1 is 1.00 bits per heavy atom. The van der Waals surface area contributed by atoms with Crippen molar-refractivity contribution in [3.63, 3.8) is 0 Å². The molecule has 0 aliphatic rings. The van der Waals surface area contributed by atoms with Gasteiger partial charge in [-0.05, 0) is 29.8 Å². The van der Waals surface area contributed by atoms with E-state index < -0.39 is 0 Å². The summed E-state index contributed by atoms with van der Waals surface area (Å²) < 4.78 is 9.81. The first-order valence-electron chi connectivity index (χ1n) is 6.66. The zero-order chi connectivity index (χ0) is 17.9. The summed E-state index contributed by atoms with van der Waals surface area (Å²) in [6, 6.07) is 9.49. The zero-order valence-electron chi connectivity index (χ0n) is 13.2. The van der Waals surface area contributed by atoms with Gasteiger partial charge in [-0.1, -0.05) is 18.6 Å². The molecule has 2 aromatic carbocycles. The minimum absolute atomic E-state index is 0. The van der Waals surface area contributed by atoms with Crippen LogP contribution in [0.4, 0.5) is 11.4 Å². The number of nitrogens with zero attached hydrogens (tertiary/aromatic N) is 3. The van der Waals surface area contributed by atoms with Crippen molar-refractivity contribution >= 4 is 23.9 Å². The molecule has 0 aliphatic heterocycles. The van der Waals surface area contributed by atoms with E-state index in [2.05, 4.69) is 10.0 Å². The lowest BCUT2D eigenvalue weighted by atomic mass is 10.2. The first-order valence-corrected chi connectivity index (χ1v) is 6.66. The highest BCUT2D eigenvalue weighted by molar-refractivity contribution is 5.81. The van der Waals surface area contributed by atoms with Crippen molar-refractivity contribution in [3.05, 3.63) is 58.0 Å². The van der Waals surface area contributed by atoms with Crippen LogP contribution in [-0.2, 0) is 0 Å². The molecule has 0 amide bonds. The predicted molar refractivity (Wildman–Crippen MR) is 96.7 cm³/mol. The molecule has 0 aliphatic carbocycles. The highest BCUT2D eigenvalue weighted by Crippen LogP contribution is 2.23. The summed E-state index contributed by atoms with van der Waals surface area (Å²) >= 11 is 0. The summed E-state index contributed by atoms with van der Waals surface area (Å²) in [6.07, 6.45) is 1.41. The molecule has 25 heavy (non-hydrogen) atoms. The van der Waals surface area contributed by atoms with Crippen LogP contribution in [0.15, 0.2) is 41.5 Å². The quantitative estimate of drug-likeness (QED) is 0.286. The maximum atomic E-state index is 10.5. The van der Waals surface area contributed by atoms with E-state index >= 15 is 0 Å². The van der Waals surface area contributed by atoms with Gasteiger partial charge in [0.25, 0.3) is 0 Å². The van der Waals surface area contributed by atoms with Gasteiger partial charge in [0.15, 0.2) is 12.6 Å². The van der Waals surface area contributed by atoms with E-state index in [0.29, 0.717) is 40.3 Å². The number of azide groups is 1. The number of nitrogens with two attached hydrogens (primary N) is 1. The summed E-state index contributed by atoms with van der Waals surface area (Å²) in [5, 5.41) is 3.38. The van der Waals surface area contributed by atoms with Gasteiger partial charge in [-0.25, -0.2) is 0 Å². The molecule has 0 saturated carbocycles. The third-order valence-corrected chi connectivity index (χ3v) is 2.89. The van der Waals surface area contributed by atoms with Crippen LogP contribution in [0.1, 0.15) is 28.1 Å². The van der Waals surface area contributed by atoms with Crippen LogP contribution in [0.5, 0.6) is 11.5 Å². The monoisotopic (exact) mass is 344 g/mol. The average molecular weight is 344 g/mol. The number of carbonyl (C=O) groups excluding carboxylic acids is 2. The van der Waals surface area contributed by atoms with Crippen molar-refractivity contribution in [2.24, 2.45) is 5.11 Å². The number of ether oxygens (including phenoxy) is 2. The SMILES string of the molecule is C.COc1cc(N)ccc1C=O.COc1cc(N=[N+]=[N-])ccc1C=O. The molecule has 0 unspecified atom stereocenters. The maximum absolute atomic E-state index is 10.5. The summed E-state index contributed by atoms with van der Waals surface area (Å²) in [5.41, 5.74) is 15.6. The number of aldehydes is 2. The van der Waals surface area contributed by atoms with Crippen LogP contribution in [-0.4, -0.2) is 26.8 Å². The standard InChI is InChI=1S/C8H7N3O2.C8H9NO2.CH4/c1-13-8-4-7(10-11-9)3-2-6(8)5-12;1-11-8-4-7(9)3-2-6(8)5-10;/h2-5H,1H3;2-5H,9H2,1H3;1H4. The lowest BCUT2D eigenvalue weighted by molar-refractivity contribution is 0.111. The minimum atomic E-state index is 0. The fraction of sp³-hybridized carbons (Fsp3) is 0.176. The van der Waals surface area contributed by atoms with Crippen LogP contribution in [0, 0.1) is 0 Å². The van der Waals surface area contributed by atoms with E-state index in [9.17, 15) is 9.59 Å². The Bertz CT molecular complexity index is 771. The average Bonchev–Trinajstić information content (AvgIpc) is 2.62. The van der Waals surface area contributed by atoms with Gasteiger partial charge in [0.1, 0.15) is 11.5 Å². The van der Waals surface area contributed by atoms with Gasteiger partial charge in [0.05, 0.1) is 25.3 Å². The first-order chi connectivity index (χ1) is 11.6. The van der Waals surface area contributed by atoms with E-state index in [-0.39, 0.29) is 7.43 Å². The zero-order valence-corrected chi connectivity index (χ0v) is 13.2. The second-order valence-corrected chi connectivity index (χ2v) is 4.35. The number of hydrogen-bond acceptors (Lipinski definition) is 6. The first kappa shape index (κ1) is 21.5. The van der Waals surface area contributed by atoms with E-state index in [0.717, 1.165) is 6.29 Å². The Labute approximate surface area is 145 Å². The summed E-state index contributed by atoms with van der Waals surface area (Å²) in [7, 11) is 2.95. The summed E-state index contributed by atoms with van der Waals surface area (Å²) in [4.78, 5) is 23.5. The molecule has 0 bridgehead atoms. The van der Waals surface area contributed by atoms with Crippen molar-refractivity contribution in [3.8, 4) is 11.5 Å². The molecule has 8 heteroatoms. The van der Waals surface area contributed by atoms with Gasteiger partial charge in [-0.3, -0.25) is 9.59 Å². The van der Waals surface area contributed by atoms with E-state index in [4.69, 9.17) is 20.7 Å². The summed E-state index contributed by atoms with van der Waals surface area (Å²) in [5.74, 6) is 0.917. The van der Waals surface area contributed by atoms with Crippen LogP contribution < -0.4 is 15.2 Å². The molecule has 2 N–H and O–H groups in total. The normalized spacial score (nSPS) is 8.56. The van der Waals surface area contributed by atoms with Crippen LogP contribution >= 0.6 is 0 Å². The van der Waals surface area contributed by atoms with Gasteiger partial charge in [-0.15, -0.1) is 0 Å². The molecule has 0 radical (unpaired) electrons. The predicted octanol–water partition coefficient (Wildman–Crippen LogP) is 4.18. The molecule has 0 atom stereocenters. The topological polar surface area (TPSA) is 127 Å². The van der Waals surface area contributed by atoms with Gasteiger partial charge < -0.3 is 15.2 Å². The molecule has 0 spiro atoms. The molecule has 0 saturated heterocycles. The third kappa shape index (κ3) is 6.25. The Hall–Kier alpha value is -3.51. The van der Waals surface area contributed by atoms with Crippen molar-refractivity contribution < 1.29 is 19.1 Å². The number of methoxy groups -OCH3 is 2. The van der Waals surface area contributed by atoms with Crippen LogP contribution in [0.25, 0.3) is 10.4 Å². The lowest BCUT2D eigenvalue weighted by Crippen LogP contribution is -1.92. The molecule has 2 rings (SSSR count). The van der Waals surface area contributed by atoms with Crippen molar-refractivity contribution in [1.82, 2.24) is 0 Å². The number of carbonyl (C=O) groups is 2. The fourth-order valence-electron chi connectivity index (χ4n) is 1.74. The van der Waals surface area contributed by atoms with Crippen molar-refractivity contribution in [2.75, 3.05) is 20.0 Å². The number of benzene rings is 2. The summed E-state index contributed by atoms with van der Waals surface area (Å²) in [6.45, 7) is 0. The molecule has 0 heterocycles. The Morgan fingerprint density at radius 3 is 2.00 bits per heavy atom. The van der Waals surface area contributed by atoms with Crippen LogP contribution in [0.3, 0.4) is 0 Å². The van der Waals surface area contributed by atoms with E-state index in [1.54, 1.807) is 24.3 Å². The third-order valence-electron chi connectivity index (χ3n) is 2.89. The molecule has 0 aromatic heterocycles. The van der Waals surface area contributed by atoms with E-state index in [1.165, 1.54) is 26.4 Å². The van der Waals surface area contributed by atoms with Gasteiger partial charge >= 0.3 is 0 Å². The molecule has 2 aromatic rings. The molecular formula is C17H20N4O4. The Kier molecular flexibility index (Phi) is 9.53. The second-order valence-electron chi connectivity index (χ2n) is 4.35. The van der Waals surface area contributed by atoms with Crippen molar-refractivity contribution in [2.45, 2.75) is 7.43 Å².